The number of carbonyl (C=O) groups excluding carboxylic acids is 1. The van der Waals surface area contributed by atoms with Crippen molar-refractivity contribution in [2.45, 2.75) is 6.92 Å². The molecule has 0 aliphatic heterocycles. The van der Waals surface area contributed by atoms with Crippen molar-refractivity contribution in [2.24, 2.45) is 0 Å². The van der Waals surface area contributed by atoms with Crippen LogP contribution in [0.1, 0.15) is 15.9 Å². The molecule has 2 rings (SSSR count). The van der Waals surface area contributed by atoms with Gasteiger partial charge in [0.15, 0.2) is 0 Å². The second-order valence-electron chi connectivity index (χ2n) is 5.07. The number of benzene rings is 2. The summed E-state index contributed by atoms with van der Waals surface area (Å²) in [5.74, 6) is -0.350. The van der Waals surface area contributed by atoms with Crippen LogP contribution in [0, 0.1) is 6.92 Å². The third-order valence-corrected chi connectivity index (χ3v) is 4.45. The molecule has 2 aromatic carbocycles. The number of anilines is 2. The first-order valence-corrected chi connectivity index (χ1v) is 8.55. The van der Waals surface area contributed by atoms with Gasteiger partial charge in [0.2, 0.25) is 10.0 Å². The Balaban J connectivity index is 2.35. The molecule has 0 atom stereocenters. The number of sulfonamides is 1. The van der Waals surface area contributed by atoms with Gasteiger partial charge >= 0.3 is 0 Å². The molecule has 0 radical (unpaired) electrons. The van der Waals surface area contributed by atoms with Gasteiger partial charge in [-0.1, -0.05) is 24.3 Å². The van der Waals surface area contributed by atoms with Gasteiger partial charge in [0.05, 0.1) is 17.5 Å². The summed E-state index contributed by atoms with van der Waals surface area (Å²) < 4.78 is 24.5. The van der Waals surface area contributed by atoms with Crippen LogP contribution in [0.2, 0.25) is 0 Å². The van der Waals surface area contributed by atoms with E-state index < -0.39 is 10.0 Å². The Hall–Kier alpha value is -2.34. The fraction of sp³-hybridized carbons (Fsp3) is 0.188. The summed E-state index contributed by atoms with van der Waals surface area (Å²) in [7, 11) is -2.01. The predicted octanol–water partition coefficient (Wildman–Crippen LogP) is 2.64. The van der Waals surface area contributed by atoms with Crippen LogP contribution in [-0.4, -0.2) is 27.6 Å². The molecule has 0 bridgehead atoms. The summed E-state index contributed by atoms with van der Waals surface area (Å²) >= 11 is 0. The van der Waals surface area contributed by atoms with E-state index in [9.17, 15) is 13.2 Å². The molecule has 0 spiro atoms. The fourth-order valence-corrected chi connectivity index (χ4v) is 2.56. The minimum atomic E-state index is -3.44. The largest absolute Gasteiger partial charge is 0.322 e. The summed E-state index contributed by atoms with van der Waals surface area (Å²) in [6.45, 7) is 1.93. The summed E-state index contributed by atoms with van der Waals surface area (Å²) in [5, 5.41) is 2.79. The third kappa shape index (κ3) is 3.65. The Kier molecular flexibility index (Phi) is 4.51. The Morgan fingerprint density at radius 3 is 2.41 bits per heavy atom. The number of para-hydroxylation sites is 1. The van der Waals surface area contributed by atoms with Gasteiger partial charge in [-0.2, -0.15) is 0 Å². The first kappa shape index (κ1) is 16.0. The van der Waals surface area contributed by atoms with Crippen LogP contribution in [0.15, 0.2) is 48.5 Å². The third-order valence-electron chi connectivity index (χ3n) is 3.26. The normalized spacial score (nSPS) is 11.0. The molecule has 0 saturated heterocycles. The molecule has 116 valence electrons. The van der Waals surface area contributed by atoms with E-state index in [1.54, 1.807) is 30.3 Å². The molecule has 0 heterocycles. The van der Waals surface area contributed by atoms with Crippen LogP contribution in [0.4, 0.5) is 11.4 Å². The highest BCUT2D eigenvalue weighted by atomic mass is 32.2. The number of nitrogens with zero attached hydrogens (tertiary/aromatic N) is 1. The maximum absolute atomic E-state index is 12.4. The molecule has 6 heteroatoms. The van der Waals surface area contributed by atoms with Gasteiger partial charge in [-0.3, -0.25) is 9.10 Å². The highest BCUT2D eigenvalue weighted by molar-refractivity contribution is 7.92. The monoisotopic (exact) mass is 318 g/mol. The second-order valence-corrected chi connectivity index (χ2v) is 7.09. The van der Waals surface area contributed by atoms with Gasteiger partial charge in [-0.25, -0.2) is 8.42 Å². The number of amides is 1. The average Bonchev–Trinajstić information content (AvgIpc) is 2.45. The van der Waals surface area contributed by atoms with E-state index in [4.69, 9.17) is 0 Å². The second kappa shape index (κ2) is 6.19. The molecule has 0 unspecified atom stereocenters. The number of hydrogen-bond acceptors (Lipinski definition) is 3. The molecule has 22 heavy (non-hydrogen) atoms. The minimum Gasteiger partial charge on any atom is -0.322 e. The number of nitrogens with one attached hydrogen (secondary N) is 1. The molecule has 1 N–H and O–H groups in total. The Morgan fingerprint density at radius 1 is 1.09 bits per heavy atom. The smallest absolute Gasteiger partial charge is 0.257 e. The Bertz CT molecular complexity index is 801. The summed E-state index contributed by atoms with van der Waals surface area (Å²) in [6, 6.07) is 14.0. The van der Waals surface area contributed by atoms with Gasteiger partial charge in [-0.05, 0) is 36.8 Å². The molecule has 0 aliphatic carbocycles. The van der Waals surface area contributed by atoms with Crippen LogP contribution < -0.4 is 9.62 Å². The van der Waals surface area contributed by atoms with Crippen molar-refractivity contribution in [3.05, 3.63) is 59.7 Å². The number of aryl methyl sites for hydroxylation is 1. The zero-order valence-corrected chi connectivity index (χ0v) is 13.5. The van der Waals surface area contributed by atoms with E-state index in [2.05, 4.69) is 5.32 Å². The lowest BCUT2D eigenvalue weighted by atomic mass is 10.1. The maximum Gasteiger partial charge on any atom is 0.257 e. The first-order chi connectivity index (χ1) is 10.3. The number of rotatable bonds is 4. The first-order valence-electron chi connectivity index (χ1n) is 6.70. The minimum absolute atomic E-state index is 0.303. The molecular formula is C16H18N2O3S. The number of hydrogen-bond donors (Lipinski definition) is 1. The van der Waals surface area contributed by atoms with Crippen LogP contribution in [-0.2, 0) is 10.0 Å². The molecule has 0 saturated carbocycles. The molecular weight excluding hydrogens is 300 g/mol. The van der Waals surface area contributed by atoms with Crippen molar-refractivity contribution >= 4 is 27.3 Å². The zero-order chi connectivity index (χ0) is 16.3. The molecule has 0 aliphatic rings. The van der Waals surface area contributed by atoms with E-state index in [-0.39, 0.29) is 5.91 Å². The highest BCUT2D eigenvalue weighted by Gasteiger charge is 2.19. The van der Waals surface area contributed by atoms with Crippen molar-refractivity contribution in [3.63, 3.8) is 0 Å². The summed E-state index contributed by atoms with van der Waals surface area (Å²) in [6.07, 6.45) is 1.10. The highest BCUT2D eigenvalue weighted by Crippen LogP contribution is 2.22. The SMILES string of the molecule is Cc1cccc(NC(=O)c2ccccc2N(C)S(C)(=O)=O)c1. The zero-order valence-electron chi connectivity index (χ0n) is 12.7. The van der Waals surface area contributed by atoms with Crippen molar-refractivity contribution < 1.29 is 13.2 Å². The molecule has 5 nitrogen and oxygen atoms in total. The lowest BCUT2D eigenvalue weighted by Crippen LogP contribution is -2.27. The predicted molar refractivity (Wildman–Crippen MR) is 88.8 cm³/mol. The maximum atomic E-state index is 12.4. The van der Waals surface area contributed by atoms with Gasteiger partial charge < -0.3 is 5.32 Å². The van der Waals surface area contributed by atoms with Crippen LogP contribution in [0.5, 0.6) is 0 Å². The number of carbonyl (C=O) groups is 1. The lowest BCUT2D eigenvalue weighted by molar-refractivity contribution is 0.102. The molecule has 2 aromatic rings. The fourth-order valence-electron chi connectivity index (χ4n) is 2.04. The van der Waals surface area contributed by atoms with Gasteiger partial charge in [0.1, 0.15) is 0 Å². The van der Waals surface area contributed by atoms with Gasteiger partial charge in [0, 0.05) is 12.7 Å². The Labute approximate surface area is 130 Å². The molecule has 1 amide bonds. The quantitative estimate of drug-likeness (QED) is 0.942. The van der Waals surface area contributed by atoms with E-state index in [0.29, 0.717) is 16.9 Å². The average molecular weight is 318 g/mol. The lowest BCUT2D eigenvalue weighted by Gasteiger charge is -2.19. The van der Waals surface area contributed by atoms with Crippen molar-refractivity contribution in [2.75, 3.05) is 22.9 Å². The van der Waals surface area contributed by atoms with E-state index >= 15 is 0 Å². The standard InChI is InChI=1S/C16H18N2O3S/c1-12-7-6-8-13(11-12)17-16(19)14-9-4-5-10-15(14)18(2)22(3,20)21/h4-11H,1-3H3,(H,17,19). The van der Waals surface area contributed by atoms with E-state index in [1.165, 1.54) is 7.05 Å². The topological polar surface area (TPSA) is 66.5 Å². The van der Waals surface area contributed by atoms with E-state index in [0.717, 1.165) is 16.1 Å². The van der Waals surface area contributed by atoms with Gasteiger partial charge in [-0.15, -0.1) is 0 Å². The van der Waals surface area contributed by atoms with Gasteiger partial charge in [0.25, 0.3) is 5.91 Å². The van der Waals surface area contributed by atoms with E-state index in [1.807, 2.05) is 25.1 Å². The Morgan fingerprint density at radius 2 is 1.77 bits per heavy atom. The molecule has 0 fully saturated rings. The molecule has 0 aromatic heterocycles. The van der Waals surface area contributed by atoms with Crippen molar-refractivity contribution in [3.8, 4) is 0 Å². The van der Waals surface area contributed by atoms with Crippen LogP contribution in [0.3, 0.4) is 0 Å². The summed E-state index contributed by atoms with van der Waals surface area (Å²) in [4.78, 5) is 12.4. The van der Waals surface area contributed by atoms with Crippen LogP contribution in [0.25, 0.3) is 0 Å². The summed E-state index contributed by atoms with van der Waals surface area (Å²) in [5.41, 5.74) is 2.34. The van der Waals surface area contributed by atoms with Crippen molar-refractivity contribution in [1.82, 2.24) is 0 Å². The van der Waals surface area contributed by atoms with Crippen molar-refractivity contribution in [1.29, 1.82) is 0 Å². The van der Waals surface area contributed by atoms with Crippen LogP contribution >= 0.6 is 0 Å².